The molecule has 4 nitrogen and oxygen atoms in total. The molecule has 0 saturated carbocycles. The second kappa shape index (κ2) is 7.28. The van der Waals surface area contributed by atoms with Gasteiger partial charge in [0.1, 0.15) is 10.8 Å². The van der Waals surface area contributed by atoms with E-state index in [1.54, 1.807) is 6.20 Å². The summed E-state index contributed by atoms with van der Waals surface area (Å²) in [5, 5.41) is 3.28. The first-order valence-electron chi connectivity index (χ1n) is 6.20. The summed E-state index contributed by atoms with van der Waals surface area (Å²) >= 11 is 4.88. The van der Waals surface area contributed by atoms with Gasteiger partial charge in [-0.1, -0.05) is 12.2 Å². The lowest BCUT2D eigenvalue weighted by Gasteiger charge is -2.20. The highest BCUT2D eigenvalue weighted by molar-refractivity contribution is 7.80. The number of nitrogens with two attached hydrogens (primary N) is 1. The van der Waals surface area contributed by atoms with Crippen LogP contribution in [0.1, 0.15) is 25.8 Å². The molecule has 0 atom stereocenters. The van der Waals surface area contributed by atoms with Gasteiger partial charge in [-0.05, 0) is 46.0 Å². The molecule has 1 heterocycles. The van der Waals surface area contributed by atoms with Gasteiger partial charge in [-0.3, -0.25) is 0 Å². The highest BCUT2D eigenvalue weighted by atomic mass is 32.1. The second-order valence-corrected chi connectivity index (χ2v) is 5.09. The summed E-state index contributed by atoms with van der Waals surface area (Å²) in [5.41, 5.74) is 6.31. The number of anilines is 1. The Hall–Kier alpha value is -1.20. The van der Waals surface area contributed by atoms with Crippen LogP contribution in [0, 0.1) is 0 Å². The van der Waals surface area contributed by atoms with Gasteiger partial charge < -0.3 is 16.0 Å². The second-order valence-electron chi connectivity index (χ2n) is 4.65. The maximum Gasteiger partial charge on any atom is 0.125 e. The van der Waals surface area contributed by atoms with Gasteiger partial charge in [0.25, 0.3) is 0 Å². The molecular weight excluding hydrogens is 244 g/mol. The van der Waals surface area contributed by atoms with Gasteiger partial charge in [0, 0.05) is 24.3 Å². The van der Waals surface area contributed by atoms with Crippen molar-refractivity contribution in [1.82, 2.24) is 9.88 Å². The predicted octanol–water partition coefficient (Wildman–Crippen LogP) is 1.86. The molecule has 1 aromatic rings. The van der Waals surface area contributed by atoms with Crippen LogP contribution < -0.4 is 11.1 Å². The minimum atomic E-state index is 0.382. The molecule has 18 heavy (non-hydrogen) atoms. The summed E-state index contributed by atoms with van der Waals surface area (Å²) in [7, 11) is 2.14. The van der Waals surface area contributed by atoms with Gasteiger partial charge in [-0.15, -0.1) is 0 Å². The third kappa shape index (κ3) is 4.98. The van der Waals surface area contributed by atoms with Crippen molar-refractivity contribution in [1.29, 1.82) is 0 Å². The Kier molecular flexibility index (Phi) is 6.01. The molecule has 0 amide bonds. The number of nitrogens with one attached hydrogen (secondary N) is 1. The van der Waals surface area contributed by atoms with E-state index in [-0.39, 0.29) is 0 Å². The van der Waals surface area contributed by atoms with E-state index in [2.05, 4.69) is 36.1 Å². The fraction of sp³-hybridized carbons (Fsp3) is 0.538. The average Bonchev–Trinajstić information content (AvgIpc) is 2.34. The lowest BCUT2D eigenvalue weighted by molar-refractivity contribution is 0.273. The first-order chi connectivity index (χ1) is 8.50. The minimum absolute atomic E-state index is 0.382. The van der Waals surface area contributed by atoms with Crippen molar-refractivity contribution < 1.29 is 0 Å². The van der Waals surface area contributed by atoms with Crippen LogP contribution in [0.2, 0.25) is 0 Å². The van der Waals surface area contributed by atoms with E-state index in [0.29, 0.717) is 11.0 Å². The van der Waals surface area contributed by atoms with Crippen LogP contribution in [0.5, 0.6) is 0 Å². The van der Waals surface area contributed by atoms with E-state index in [9.17, 15) is 0 Å². The molecule has 0 fully saturated rings. The Morgan fingerprint density at radius 1 is 1.50 bits per heavy atom. The van der Waals surface area contributed by atoms with Gasteiger partial charge in [0.2, 0.25) is 0 Å². The zero-order valence-electron chi connectivity index (χ0n) is 11.3. The van der Waals surface area contributed by atoms with Crippen LogP contribution in [0.15, 0.2) is 18.3 Å². The van der Waals surface area contributed by atoms with Gasteiger partial charge in [-0.25, -0.2) is 4.98 Å². The van der Waals surface area contributed by atoms with Crippen molar-refractivity contribution in [2.45, 2.75) is 26.3 Å². The van der Waals surface area contributed by atoms with Crippen molar-refractivity contribution >= 4 is 23.0 Å². The lowest BCUT2D eigenvalue weighted by atomic mass is 10.3. The normalized spacial score (nSPS) is 10.9. The van der Waals surface area contributed by atoms with Gasteiger partial charge >= 0.3 is 0 Å². The molecule has 3 N–H and O–H groups in total. The zero-order valence-corrected chi connectivity index (χ0v) is 12.1. The molecule has 0 spiro atoms. The van der Waals surface area contributed by atoms with Gasteiger partial charge in [0.15, 0.2) is 0 Å². The number of thiocarbonyl (C=S) groups is 1. The molecule has 0 aliphatic carbocycles. The Morgan fingerprint density at radius 2 is 2.22 bits per heavy atom. The van der Waals surface area contributed by atoms with Crippen LogP contribution in [-0.2, 0) is 0 Å². The summed E-state index contributed by atoms with van der Waals surface area (Å²) in [4.78, 5) is 6.97. The van der Waals surface area contributed by atoms with Crippen LogP contribution >= 0.6 is 12.2 Å². The molecule has 0 bridgehead atoms. The third-order valence-corrected chi connectivity index (χ3v) is 3.16. The van der Waals surface area contributed by atoms with E-state index >= 15 is 0 Å². The number of nitrogens with zero attached hydrogens (tertiary/aromatic N) is 2. The summed E-state index contributed by atoms with van der Waals surface area (Å²) in [6, 6.07) is 4.38. The quantitative estimate of drug-likeness (QED) is 0.583. The maximum absolute atomic E-state index is 5.51. The minimum Gasteiger partial charge on any atom is -0.389 e. The fourth-order valence-electron chi connectivity index (χ4n) is 1.45. The smallest absolute Gasteiger partial charge is 0.125 e. The molecule has 0 aromatic carbocycles. The molecule has 0 aliphatic rings. The molecule has 1 rings (SSSR count). The van der Waals surface area contributed by atoms with Crippen molar-refractivity contribution in [2.75, 3.05) is 25.5 Å². The van der Waals surface area contributed by atoms with E-state index in [1.165, 1.54) is 0 Å². The van der Waals surface area contributed by atoms with E-state index < -0.39 is 0 Å². The SMILES string of the molecule is CC(C)N(C)CCCNc1ccc(C(N)=S)cn1. The van der Waals surface area contributed by atoms with Gasteiger partial charge in [0.05, 0.1) is 0 Å². The van der Waals surface area contributed by atoms with E-state index in [1.807, 2.05) is 12.1 Å². The van der Waals surface area contributed by atoms with Crippen molar-refractivity contribution in [3.05, 3.63) is 23.9 Å². The topological polar surface area (TPSA) is 54.2 Å². The van der Waals surface area contributed by atoms with Crippen molar-refractivity contribution in [3.8, 4) is 0 Å². The number of hydrogen-bond acceptors (Lipinski definition) is 4. The van der Waals surface area contributed by atoms with Crippen LogP contribution in [0.4, 0.5) is 5.82 Å². The zero-order chi connectivity index (χ0) is 13.5. The van der Waals surface area contributed by atoms with Crippen molar-refractivity contribution in [3.63, 3.8) is 0 Å². The van der Waals surface area contributed by atoms with E-state index in [4.69, 9.17) is 18.0 Å². The number of pyridine rings is 1. The van der Waals surface area contributed by atoms with Crippen LogP contribution in [0.25, 0.3) is 0 Å². The molecule has 0 unspecified atom stereocenters. The maximum atomic E-state index is 5.51. The molecule has 0 aliphatic heterocycles. The first kappa shape index (κ1) is 14.9. The molecule has 1 aromatic heterocycles. The number of rotatable bonds is 7. The van der Waals surface area contributed by atoms with Crippen molar-refractivity contribution in [2.24, 2.45) is 5.73 Å². The van der Waals surface area contributed by atoms with Crippen LogP contribution in [-0.4, -0.2) is 41.1 Å². The molecule has 5 heteroatoms. The van der Waals surface area contributed by atoms with E-state index in [0.717, 1.165) is 30.9 Å². The third-order valence-electron chi connectivity index (χ3n) is 2.92. The summed E-state index contributed by atoms with van der Waals surface area (Å²) in [6.07, 6.45) is 2.79. The van der Waals surface area contributed by atoms with Gasteiger partial charge in [-0.2, -0.15) is 0 Å². The summed E-state index contributed by atoms with van der Waals surface area (Å²) in [5.74, 6) is 0.863. The lowest BCUT2D eigenvalue weighted by Crippen LogP contribution is -2.28. The average molecular weight is 266 g/mol. The summed E-state index contributed by atoms with van der Waals surface area (Å²) < 4.78 is 0. The number of hydrogen-bond donors (Lipinski definition) is 2. The molecule has 0 radical (unpaired) electrons. The fourth-order valence-corrected chi connectivity index (χ4v) is 1.57. The predicted molar refractivity (Wildman–Crippen MR) is 81.0 cm³/mol. The molecule has 100 valence electrons. The molecule has 0 saturated heterocycles. The Labute approximate surface area is 115 Å². The largest absolute Gasteiger partial charge is 0.389 e. The number of aromatic nitrogens is 1. The Bertz CT molecular complexity index is 375. The standard InChI is InChI=1S/C13H22N4S/c1-10(2)17(3)8-4-7-15-12-6-5-11(9-16-12)13(14)18/h5-6,9-10H,4,7-8H2,1-3H3,(H2,14,18)(H,15,16). The molecular formula is C13H22N4S. The highest BCUT2D eigenvalue weighted by Crippen LogP contribution is 2.05. The summed E-state index contributed by atoms with van der Waals surface area (Å²) in [6.45, 7) is 6.39. The highest BCUT2D eigenvalue weighted by Gasteiger charge is 2.02. The Morgan fingerprint density at radius 3 is 2.72 bits per heavy atom. The Balaban J connectivity index is 2.29. The van der Waals surface area contributed by atoms with Crippen LogP contribution in [0.3, 0.4) is 0 Å². The monoisotopic (exact) mass is 266 g/mol. The first-order valence-corrected chi connectivity index (χ1v) is 6.61.